The number of halogens is 1. The Labute approximate surface area is 117 Å². The van der Waals surface area contributed by atoms with Gasteiger partial charge in [-0.15, -0.1) is 11.6 Å². The van der Waals surface area contributed by atoms with E-state index >= 15 is 0 Å². The fraction of sp³-hybridized carbons (Fsp3) is 1.00. The summed E-state index contributed by atoms with van der Waals surface area (Å²) in [6, 6.07) is 0.478. The van der Waals surface area contributed by atoms with Crippen LogP contribution >= 0.6 is 11.6 Å². The van der Waals surface area contributed by atoms with Crippen LogP contribution in [0.1, 0.15) is 46.5 Å². The third kappa shape index (κ3) is 4.39. The van der Waals surface area contributed by atoms with Gasteiger partial charge in [0.05, 0.1) is 10.5 Å². The highest BCUT2D eigenvalue weighted by Crippen LogP contribution is 2.22. The van der Waals surface area contributed by atoms with Gasteiger partial charge in [-0.2, -0.15) is 0 Å². The van der Waals surface area contributed by atoms with E-state index in [4.69, 9.17) is 11.6 Å². The number of hydrogen-bond acceptors (Lipinski definition) is 3. The van der Waals surface area contributed by atoms with Crippen molar-refractivity contribution in [2.24, 2.45) is 0 Å². The number of nitrogens with zero attached hydrogens (tertiary/aromatic N) is 1. The summed E-state index contributed by atoms with van der Waals surface area (Å²) in [6.07, 6.45) is 4.54. The lowest BCUT2D eigenvalue weighted by molar-refractivity contribution is 0.153. The van der Waals surface area contributed by atoms with Gasteiger partial charge in [-0.3, -0.25) is 4.90 Å². The molecule has 3 nitrogen and oxygen atoms in total. The van der Waals surface area contributed by atoms with Crippen molar-refractivity contribution in [3.63, 3.8) is 0 Å². The fourth-order valence-electron chi connectivity index (χ4n) is 2.35. The van der Waals surface area contributed by atoms with E-state index in [1.165, 1.54) is 12.8 Å². The molecule has 108 valence electrons. The van der Waals surface area contributed by atoms with Crippen LogP contribution in [0.4, 0.5) is 0 Å². The SMILES string of the molecule is CC(C)(C)S(=O)(=O)CCN1CCCCC1CCCl. The molecule has 0 spiro atoms. The normalized spacial score (nSPS) is 23.2. The quantitative estimate of drug-likeness (QED) is 0.732. The van der Waals surface area contributed by atoms with E-state index in [1.807, 2.05) is 0 Å². The zero-order valence-corrected chi connectivity index (χ0v) is 13.4. The van der Waals surface area contributed by atoms with Crippen molar-refractivity contribution in [3.05, 3.63) is 0 Å². The molecule has 0 amide bonds. The summed E-state index contributed by atoms with van der Waals surface area (Å²) in [5.41, 5.74) is 0. The summed E-state index contributed by atoms with van der Waals surface area (Å²) in [5, 5.41) is 0. The summed E-state index contributed by atoms with van der Waals surface area (Å²) in [5.74, 6) is 0.919. The van der Waals surface area contributed by atoms with Crippen LogP contribution in [-0.4, -0.2) is 48.8 Å². The first-order chi connectivity index (χ1) is 8.28. The molecular formula is C13H26ClNO2S. The minimum atomic E-state index is -3.01. The molecule has 0 radical (unpaired) electrons. The van der Waals surface area contributed by atoms with Gasteiger partial charge in [-0.05, 0) is 46.6 Å². The molecule has 0 aliphatic carbocycles. The van der Waals surface area contributed by atoms with Crippen molar-refractivity contribution in [2.45, 2.75) is 57.2 Å². The lowest BCUT2D eigenvalue weighted by Gasteiger charge is -2.36. The third-order valence-corrected chi connectivity index (χ3v) is 6.58. The summed E-state index contributed by atoms with van der Waals surface area (Å²) in [7, 11) is -3.01. The molecule has 0 aromatic heterocycles. The molecule has 0 bridgehead atoms. The monoisotopic (exact) mass is 295 g/mol. The van der Waals surface area contributed by atoms with Crippen molar-refractivity contribution in [1.29, 1.82) is 0 Å². The van der Waals surface area contributed by atoms with Crippen LogP contribution < -0.4 is 0 Å². The lowest BCUT2D eigenvalue weighted by Crippen LogP contribution is -2.44. The first-order valence-electron chi connectivity index (χ1n) is 6.80. The average Bonchev–Trinajstić information content (AvgIpc) is 2.27. The van der Waals surface area contributed by atoms with Crippen LogP contribution in [-0.2, 0) is 9.84 Å². The second-order valence-corrected chi connectivity index (χ2v) is 9.33. The molecule has 0 N–H and O–H groups in total. The van der Waals surface area contributed by atoms with E-state index in [0.717, 1.165) is 19.4 Å². The molecule has 1 aliphatic rings. The van der Waals surface area contributed by atoms with Crippen molar-refractivity contribution in [3.8, 4) is 0 Å². The Morgan fingerprint density at radius 3 is 2.50 bits per heavy atom. The van der Waals surface area contributed by atoms with Gasteiger partial charge in [0.1, 0.15) is 0 Å². The molecular weight excluding hydrogens is 270 g/mol. The van der Waals surface area contributed by atoms with Crippen molar-refractivity contribution >= 4 is 21.4 Å². The molecule has 1 rings (SSSR count). The Morgan fingerprint density at radius 1 is 1.28 bits per heavy atom. The summed E-state index contributed by atoms with van der Waals surface area (Å²) in [6.45, 7) is 6.99. The summed E-state index contributed by atoms with van der Waals surface area (Å²) in [4.78, 5) is 2.31. The predicted octanol–water partition coefficient (Wildman–Crippen LogP) is 2.68. The number of sulfone groups is 1. The third-order valence-electron chi connectivity index (χ3n) is 3.77. The van der Waals surface area contributed by atoms with E-state index < -0.39 is 14.6 Å². The van der Waals surface area contributed by atoms with E-state index in [-0.39, 0.29) is 5.75 Å². The van der Waals surface area contributed by atoms with Crippen molar-refractivity contribution in [1.82, 2.24) is 4.90 Å². The average molecular weight is 296 g/mol. The van der Waals surface area contributed by atoms with Crippen LogP contribution in [0.25, 0.3) is 0 Å². The highest BCUT2D eigenvalue weighted by atomic mass is 35.5. The predicted molar refractivity (Wildman–Crippen MR) is 78.1 cm³/mol. The largest absolute Gasteiger partial charge is 0.299 e. The molecule has 1 heterocycles. The first kappa shape index (κ1) is 16.3. The Balaban J connectivity index is 2.56. The maximum absolute atomic E-state index is 12.1. The van der Waals surface area contributed by atoms with E-state index in [0.29, 0.717) is 18.5 Å². The molecule has 0 saturated carbocycles. The Bertz CT molecular complexity index is 346. The Morgan fingerprint density at radius 2 is 1.94 bits per heavy atom. The van der Waals surface area contributed by atoms with Gasteiger partial charge in [0.2, 0.25) is 0 Å². The maximum atomic E-state index is 12.1. The molecule has 5 heteroatoms. The van der Waals surface area contributed by atoms with Crippen molar-refractivity contribution in [2.75, 3.05) is 24.7 Å². The highest BCUT2D eigenvalue weighted by Gasteiger charge is 2.30. The molecule has 1 unspecified atom stereocenters. The molecule has 1 atom stereocenters. The second-order valence-electron chi connectivity index (χ2n) is 6.09. The number of hydrogen-bond donors (Lipinski definition) is 0. The van der Waals surface area contributed by atoms with Crippen LogP contribution in [0.3, 0.4) is 0 Å². The van der Waals surface area contributed by atoms with Crippen LogP contribution in [0.15, 0.2) is 0 Å². The fourth-order valence-corrected chi connectivity index (χ4v) is 3.69. The molecule has 1 fully saturated rings. The minimum absolute atomic E-state index is 0.259. The Kier molecular flexibility index (Phi) is 5.94. The summed E-state index contributed by atoms with van der Waals surface area (Å²) >= 11 is 5.82. The standard InChI is InChI=1S/C13H26ClNO2S/c1-13(2,3)18(16,17)11-10-15-9-5-4-6-12(15)7-8-14/h12H,4-11H2,1-3H3. The minimum Gasteiger partial charge on any atom is -0.299 e. The molecule has 1 saturated heterocycles. The lowest BCUT2D eigenvalue weighted by atomic mass is 10.0. The van der Waals surface area contributed by atoms with Gasteiger partial charge >= 0.3 is 0 Å². The van der Waals surface area contributed by atoms with Gasteiger partial charge in [0.25, 0.3) is 0 Å². The highest BCUT2D eigenvalue weighted by molar-refractivity contribution is 7.92. The number of rotatable bonds is 5. The van der Waals surface area contributed by atoms with Gasteiger partial charge < -0.3 is 0 Å². The zero-order chi connectivity index (χ0) is 13.8. The zero-order valence-electron chi connectivity index (χ0n) is 11.8. The molecule has 0 aromatic rings. The van der Waals surface area contributed by atoms with E-state index in [2.05, 4.69) is 4.90 Å². The van der Waals surface area contributed by atoms with E-state index in [1.54, 1.807) is 20.8 Å². The molecule has 0 aromatic carbocycles. The number of alkyl halides is 1. The smallest absolute Gasteiger partial charge is 0.156 e. The van der Waals surface area contributed by atoms with Gasteiger partial charge in [-0.1, -0.05) is 6.42 Å². The van der Waals surface area contributed by atoms with Gasteiger partial charge in [-0.25, -0.2) is 8.42 Å². The van der Waals surface area contributed by atoms with Gasteiger partial charge in [0, 0.05) is 18.5 Å². The molecule has 18 heavy (non-hydrogen) atoms. The molecule has 1 aliphatic heterocycles. The second kappa shape index (κ2) is 6.58. The van der Waals surface area contributed by atoms with Crippen LogP contribution in [0.5, 0.6) is 0 Å². The number of likely N-dealkylation sites (tertiary alicyclic amines) is 1. The Hall–Kier alpha value is 0.200. The summed E-state index contributed by atoms with van der Waals surface area (Å²) < 4.78 is 23.6. The van der Waals surface area contributed by atoms with Gasteiger partial charge in [0.15, 0.2) is 9.84 Å². The van der Waals surface area contributed by atoms with Crippen molar-refractivity contribution < 1.29 is 8.42 Å². The van der Waals surface area contributed by atoms with E-state index in [9.17, 15) is 8.42 Å². The maximum Gasteiger partial charge on any atom is 0.156 e. The number of piperidine rings is 1. The first-order valence-corrected chi connectivity index (χ1v) is 8.99. The topological polar surface area (TPSA) is 37.4 Å². The van der Waals surface area contributed by atoms with Crippen LogP contribution in [0, 0.1) is 0 Å². The van der Waals surface area contributed by atoms with Crippen LogP contribution in [0.2, 0.25) is 0 Å².